The summed E-state index contributed by atoms with van der Waals surface area (Å²) in [4.78, 5) is 14.4. The maximum Gasteiger partial charge on any atom is 0.225 e. The SMILES string of the molecule is CC(CC1CCCC1)C(=O)N1CCCNCC1. The molecule has 1 saturated heterocycles. The minimum Gasteiger partial charge on any atom is -0.341 e. The maximum atomic E-state index is 12.3. The molecular formula is C14H26N2O. The molecular weight excluding hydrogens is 212 g/mol. The smallest absolute Gasteiger partial charge is 0.225 e. The molecule has 2 fully saturated rings. The largest absolute Gasteiger partial charge is 0.341 e. The van der Waals surface area contributed by atoms with Crippen molar-refractivity contribution < 1.29 is 4.79 Å². The summed E-state index contributed by atoms with van der Waals surface area (Å²) in [6.07, 6.45) is 7.65. The van der Waals surface area contributed by atoms with E-state index >= 15 is 0 Å². The first-order valence-corrected chi connectivity index (χ1v) is 7.27. The summed E-state index contributed by atoms with van der Waals surface area (Å²) in [6.45, 7) is 5.98. The number of carbonyl (C=O) groups excluding carboxylic acids is 1. The van der Waals surface area contributed by atoms with Gasteiger partial charge in [-0.05, 0) is 25.3 Å². The van der Waals surface area contributed by atoms with Crippen LogP contribution in [-0.2, 0) is 4.79 Å². The fourth-order valence-electron chi connectivity index (χ4n) is 3.22. The van der Waals surface area contributed by atoms with Gasteiger partial charge >= 0.3 is 0 Å². The lowest BCUT2D eigenvalue weighted by molar-refractivity contribution is -0.135. The lowest BCUT2D eigenvalue weighted by atomic mass is 9.93. The van der Waals surface area contributed by atoms with Gasteiger partial charge in [0.2, 0.25) is 5.91 Å². The summed E-state index contributed by atoms with van der Waals surface area (Å²) >= 11 is 0. The van der Waals surface area contributed by atoms with Crippen molar-refractivity contribution in [3.05, 3.63) is 0 Å². The summed E-state index contributed by atoms with van der Waals surface area (Å²) in [6, 6.07) is 0. The molecule has 0 spiro atoms. The Morgan fingerprint density at radius 3 is 2.76 bits per heavy atom. The van der Waals surface area contributed by atoms with Crippen molar-refractivity contribution in [1.82, 2.24) is 10.2 Å². The van der Waals surface area contributed by atoms with E-state index in [4.69, 9.17) is 0 Å². The van der Waals surface area contributed by atoms with Gasteiger partial charge in [-0.15, -0.1) is 0 Å². The van der Waals surface area contributed by atoms with Crippen LogP contribution in [-0.4, -0.2) is 37.0 Å². The van der Waals surface area contributed by atoms with E-state index in [1.165, 1.54) is 25.7 Å². The van der Waals surface area contributed by atoms with E-state index in [0.29, 0.717) is 5.91 Å². The Kier molecular flexibility index (Phi) is 4.84. The molecule has 3 nitrogen and oxygen atoms in total. The first-order valence-electron chi connectivity index (χ1n) is 7.27. The second-order valence-electron chi connectivity index (χ2n) is 5.72. The fourth-order valence-corrected chi connectivity index (χ4v) is 3.22. The molecule has 17 heavy (non-hydrogen) atoms. The van der Waals surface area contributed by atoms with E-state index in [1.807, 2.05) is 0 Å². The van der Waals surface area contributed by atoms with Crippen molar-refractivity contribution in [3.8, 4) is 0 Å². The molecule has 1 N–H and O–H groups in total. The fraction of sp³-hybridized carbons (Fsp3) is 0.929. The second-order valence-corrected chi connectivity index (χ2v) is 5.72. The highest BCUT2D eigenvalue weighted by molar-refractivity contribution is 5.78. The Morgan fingerprint density at radius 1 is 1.24 bits per heavy atom. The number of hydrogen-bond acceptors (Lipinski definition) is 2. The van der Waals surface area contributed by atoms with Crippen LogP contribution in [0.5, 0.6) is 0 Å². The summed E-state index contributed by atoms with van der Waals surface area (Å²) in [7, 11) is 0. The minimum absolute atomic E-state index is 0.233. The van der Waals surface area contributed by atoms with E-state index in [2.05, 4.69) is 17.1 Å². The first kappa shape index (κ1) is 12.9. The lowest BCUT2D eigenvalue weighted by Crippen LogP contribution is -2.38. The molecule has 1 aliphatic heterocycles. The van der Waals surface area contributed by atoms with Crippen molar-refractivity contribution in [2.45, 2.75) is 45.4 Å². The van der Waals surface area contributed by atoms with Gasteiger partial charge in [-0.2, -0.15) is 0 Å². The van der Waals surface area contributed by atoms with Crippen LogP contribution in [0.4, 0.5) is 0 Å². The van der Waals surface area contributed by atoms with Gasteiger partial charge in [0.15, 0.2) is 0 Å². The number of nitrogens with one attached hydrogen (secondary N) is 1. The van der Waals surface area contributed by atoms with Gasteiger partial charge in [0, 0.05) is 25.6 Å². The third kappa shape index (κ3) is 3.70. The predicted octanol–water partition coefficient (Wildman–Crippen LogP) is 2.02. The molecule has 98 valence electrons. The van der Waals surface area contributed by atoms with Crippen molar-refractivity contribution in [2.24, 2.45) is 11.8 Å². The zero-order chi connectivity index (χ0) is 12.1. The summed E-state index contributed by atoms with van der Waals surface area (Å²) < 4.78 is 0. The highest BCUT2D eigenvalue weighted by atomic mass is 16.2. The highest BCUT2D eigenvalue weighted by Crippen LogP contribution is 2.30. The van der Waals surface area contributed by atoms with Crippen LogP contribution in [0.1, 0.15) is 45.4 Å². The van der Waals surface area contributed by atoms with E-state index in [1.54, 1.807) is 0 Å². The van der Waals surface area contributed by atoms with Crippen LogP contribution in [0.15, 0.2) is 0 Å². The van der Waals surface area contributed by atoms with Crippen LogP contribution in [0.25, 0.3) is 0 Å². The van der Waals surface area contributed by atoms with Gasteiger partial charge in [-0.25, -0.2) is 0 Å². The van der Waals surface area contributed by atoms with E-state index in [9.17, 15) is 4.79 Å². The van der Waals surface area contributed by atoms with Gasteiger partial charge in [-0.1, -0.05) is 32.6 Å². The number of rotatable bonds is 3. The zero-order valence-electron chi connectivity index (χ0n) is 11.1. The number of amides is 1. The van der Waals surface area contributed by atoms with Crippen LogP contribution < -0.4 is 5.32 Å². The molecule has 0 aromatic heterocycles. The average molecular weight is 238 g/mol. The summed E-state index contributed by atoms with van der Waals surface area (Å²) in [5.74, 6) is 1.44. The Labute approximate surface area is 105 Å². The molecule has 0 aromatic rings. The Balaban J connectivity index is 1.80. The topological polar surface area (TPSA) is 32.3 Å². The highest BCUT2D eigenvalue weighted by Gasteiger charge is 2.25. The first-order chi connectivity index (χ1) is 8.27. The van der Waals surface area contributed by atoms with E-state index < -0.39 is 0 Å². The number of nitrogens with zero attached hydrogens (tertiary/aromatic N) is 1. The van der Waals surface area contributed by atoms with Gasteiger partial charge in [-0.3, -0.25) is 4.79 Å². The average Bonchev–Trinajstić information content (AvgIpc) is 2.68. The Morgan fingerprint density at radius 2 is 2.00 bits per heavy atom. The molecule has 1 unspecified atom stereocenters. The monoisotopic (exact) mass is 238 g/mol. The third-order valence-corrected chi connectivity index (χ3v) is 4.23. The zero-order valence-corrected chi connectivity index (χ0v) is 11.1. The Hall–Kier alpha value is -0.570. The molecule has 1 saturated carbocycles. The van der Waals surface area contributed by atoms with Gasteiger partial charge < -0.3 is 10.2 Å². The summed E-state index contributed by atoms with van der Waals surface area (Å²) in [5.41, 5.74) is 0. The second kappa shape index (κ2) is 6.39. The molecule has 0 bridgehead atoms. The molecule has 3 heteroatoms. The van der Waals surface area contributed by atoms with E-state index in [0.717, 1.165) is 44.9 Å². The minimum atomic E-state index is 0.233. The molecule has 0 radical (unpaired) electrons. The maximum absolute atomic E-state index is 12.3. The molecule has 0 aromatic carbocycles. The van der Waals surface area contributed by atoms with Crippen LogP contribution in [0, 0.1) is 11.8 Å². The summed E-state index contributed by atoms with van der Waals surface area (Å²) in [5, 5.41) is 3.35. The van der Waals surface area contributed by atoms with Crippen LogP contribution >= 0.6 is 0 Å². The van der Waals surface area contributed by atoms with Crippen molar-refractivity contribution >= 4 is 5.91 Å². The van der Waals surface area contributed by atoms with Crippen molar-refractivity contribution in [1.29, 1.82) is 0 Å². The molecule has 1 atom stereocenters. The molecule has 1 heterocycles. The lowest BCUT2D eigenvalue weighted by Gasteiger charge is -2.25. The third-order valence-electron chi connectivity index (χ3n) is 4.23. The molecule has 1 amide bonds. The molecule has 1 aliphatic carbocycles. The quantitative estimate of drug-likeness (QED) is 0.816. The van der Waals surface area contributed by atoms with Crippen molar-refractivity contribution in [3.63, 3.8) is 0 Å². The Bertz CT molecular complexity index is 241. The van der Waals surface area contributed by atoms with E-state index in [-0.39, 0.29) is 5.92 Å². The number of hydrogen-bond donors (Lipinski definition) is 1. The van der Waals surface area contributed by atoms with Crippen LogP contribution in [0.2, 0.25) is 0 Å². The number of carbonyl (C=O) groups is 1. The van der Waals surface area contributed by atoms with Gasteiger partial charge in [0.1, 0.15) is 0 Å². The van der Waals surface area contributed by atoms with Crippen molar-refractivity contribution in [2.75, 3.05) is 26.2 Å². The van der Waals surface area contributed by atoms with Crippen LogP contribution in [0.3, 0.4) is 0 Å². The molecule has 2 aliphatic rings. The van der Waals surface area contributed by atoms with Gasteiger partial charge in [0.05, 0.1) is 0 Å². The normalized spacial score (nSPS) is 24.6. The molecule has 2 rings (SSSR count). The predicted molar refractivity (Wildman–Crippen MR) is 69.8 cm³/mol. The van der Waals surface area contributed by atoms with Gasteiger partial charge in [0.25, 0.3) is 0 Å². The standard InChI is InChI=1S/C14H26N2O/c1-12(11-13-5-2-3-6-13)14(17)16-9-4-7-15-8-10-16/h12-13,15H,2-11H2,1H3.